The van der Waals surface area contributed by atoms with Crippen LogP contribution in [-0.2, 0) is 0 Å². The highest BCUT2D eigenvalue weighted by molar-refractivity contribution is 5.85. The van der Waals surface area contributed by atoms with E-state index >= 15 is 0 Å². The molecule has 2 rings (SSSR count). The highest BCUT2D eigenvalue weighted by atomic mass is 35.5. The van der Waals surface area contributed by atoms with Gasteiger partial charge < -0.3 is 10.2 Å². The summed E-state index contributed by atoms with van der Waals surface area (Å²) in [5, 5.41) is 3.92. The first-order chi connectivity index (χ1) is 7.88. The van der Waals surface area contributed by atoms with Gasteiger partial charge in [0.2, 0.25) is 0 Å². The Kier molecular flexibility index (Phi) is 7.49. The Hall–Kier alpha value is 0.210. The van der Waals surface area contributed by atoms with Crippen LogP contribution in [0.25, 0.3) is 0 Å². The van der Waals surface area contributed by atoms with Crippen LogP contribution in [0.3, 0.4) is 0 Å². The molecule has 0 radical (unpaired) electrons. The van der Waals surface area contributed by atoms with Crippen molar-refractivity contribution >= 4 is 12.4 Å². The molecule has 2 nitrogen and oxygen atoms in total. The van der Waals surface area contributed by atoms with Crippen LogP contribution in [0.1, 0.15) is 58.3 Å². The molecule has 0 atom stereocenters. The first-order valence-electron chi connectivity index (χ1n) is 7.37. The lowest BCUT2D eigenvalue weighted by atomic mass is 10.0. The second kappa shape index (κ2) is 8.34. The summed E-state index contributed by atoms with van der Waals surface area (Å²) in [5.74, 6) is 0. The van der Waals surface area contributed by atoms with E-state index in [-0.39, 0.29) is 12.4 Å². The standard InChI is InChI=1S/C14H28N2.ClH/c1-2-16-11-9-14(10-12-16)15-13-7-5-3-4-6-8-13;/h13-15H,2-12H2,1H3;1H. The minimum Gasteiger partial charge on any atom is -0.311 e. The lowest BCUT2D eigenvalue weighted by Crippen LogP contribution is -2.46. The fraction of sp³-hybridized carbons (Fsp3) is 1.00. The summed E-state index contributed by atoms with van der Waals surface area (Å²) in [6, 6.07) is 1.64. The van der Waals surface area contributed by atoms with Gasteiger partial charge in [-0.05, 0) is 45.3 Å². The molecule has 2 fully saturated rings. The maximum atomic E-state index is 3.92. The van der Waals surface area contributed by atoms with Gasteiger partial charge in [0, 0.05) is 12.1 Å². The summed E-state index contributed by atoms with van der Waals surface area (Å²) >= 11 is 0. The monoisotopic (exact) mass is 260 g/mol. The van der Waals surface area contributed by atoms with Gasteiger partial charge in [-0.1, -0.05) is 32.6 Å². The van der Waals surface area contributed by atoms with E-state index in [2.05, 4.69) is 17.1 Å². The summed E-state index contributed by atoms with van der Waals surface area (Å²) < 4.78 is 0. The molecule has 1 aliphatic heterocycles. The van der Waals surface area contributed by atoms with Crippen LogP contribution in [0.15, 0.2) is 0 Å². The Morgan fingerprint density at radius 2 is 1.41 bits per heavy atom. The van der Waals surface area contributed by atoms with Gasteiger partial charge in [0.05, 0.1) is 0 Å². The van der Waals surface area contributed by atoms with E-state index in [1.165, 1.54) is 71.0 Å². The number of rotatable bonds is 3. The first kappa shape index (κ1) is 15.3. The quantitative estimate of drug-likeness (QED) is 0.784. The van der Waals surface area contributed by atoms with Gasteiger partial charge in [0.1, 0.15) is 0 Å². The number of nitrogens with one attached hydrogen (secondary N) is 1. The average Bonchev–Trinajstić information content (AvgIpc) is 2.59. The van der Waals surface area contributed by atoms with Crippen LogP contribution >= 0.6 is 12.4 Å². The third kappa shape index (κ3) is 5.15. The Labute approximate surface area is 113 Å². The highest BCUT2D eigenvalue weighted by Crippen LogP contribution is 2.19. The number of hydrogen-bond acceptors (Lipinski definition) is 2. The van der Waals surface area contributed by atoms with E-state index in [1.54, 1.807) is 0 Å². The summed E-state index contributed by atoms with van der Waals surface area (Å²) in [5.41, 5.74) is 0. The maximum Gasteiger partial charge on any atom is 0.00940 e. The van der Waals surface area contributed by atoms with E-state index in [0.717, 1.165) is 12.1 Å². The van der Waals surface area contributed by atoms with Gasteiger partial charge in [0.25, 0.3) is 0 Å². The van der Waals surface area contributed by atoms with Crippen molar-refractivity contribution in [3.05, 3.63) is 0 Å². The first-order valence-corrected chi connectivity index (χ1v) is 7.37. The van der Waals surface area contributed by atoms with Gasteiger partial charge >= 0.3 is 0 Å². The molecule has 0 spiro atoms. The van der Waals surface area contributed by atoms with Crippen LogP contribution in [0.2, 0.25) is 0 Å². The van der Waals surface area contributed by atoms with Crippen molar-refractivity contribution in [3.8, 4) is 0 Å². The molecule has 0 amide bonds. The van der Waals surface area contributed by atoms with Crippen molar-refractivity contribution in [3.63, 3.8) is 0 Å². The van der Waals surface area contributed by atoms with Gasteiger partial charge in [-0.2, -0.15) is 0 Å². The normalized spacial score (nSPS) is 25.2. The summed E-state index contributed by atoms with van der Waals surface area (Å²) in [6.45, 7) is 6.12. The summed E-state index contributed by atoms with van der Waals surface area (Å²) in [6.07, 6.45) is 11.4. The predicted molar refractivity (Wildman–Crippen MR) is 77.0 cm³/mol. The zero-order valence-corrected chi connectivity index (χ0v) is 12.1. The summed E-state index contributed by atoms with van der Waals surface area (Å²) in [4.78, 5) is 2.57. The van der Waals surface area contributed by atoms with Crippen LogP contribution in [-0.4, -0.2) is 36.6 Å². The second-order valence-electron chi connectivity index (χ2n) is 5.56. The van der Waals surface area contributed by atoms with E-state index in [1.807, 2.05) is 0 Å². The predicted octanol–water partition coefficient (Wildman–Crippen LogP) is 3.20. The molecular weight excluding hydrogens is 232 g/mol. The van der Waals surface area contributed by atoms with Crippen LogP contribution in [0.4, 0.5) is 0 Å². The molecule has 1 N–H and O–H groups in total. The van der Waals surface area contributed by atoms with Crippen LogP contribution in [0, 0.1) is 0 Å². The van der Waals surface area contributed by atoms with E-state index < -0.39 is 0 Å². The zero-order valence-electron chi connectivity index (χ0n) is 11.3. The topological polar surface area (TPSA) is 15.3 Å². The Morgan fingerprint density at radius 3 is 1.94 bits per heavy atom. The van der Waals surface area contributed by atoms with Crippen molar-refractivity contribution in [2.75, 3.05) is 19.6 Å². The average molecular weight is 261 g/mol. The van der Waals surface area contributed by atoms with Crippen molar-refractivity contribution in [1.82, 2.24) is 10.2 Å². The number of nitrogens with zero attached hydrogens (tertiary/aromatic N) is 1. The SMILES string of the molecule is CCN1CCC(NC2CCCCCC2)CC1.Cl. The van der Waals surface area contributed by atoms with Crippen LogP contribution < -0.4 is 5.32 Å². The Balaban J connectivity index is 0.00000144. The maximum absolute atomic E-state index is 3.92. The van der Waals surface area contributed by atoms with Crippen molar-refractivity contribution in [2.24, 2.45) is 0 Å². The Bertz CT molecular complexity index is 183. The third-order valence-corrected chi connectivity index (χ3v) is 4.36. The third-order valence-electron chi connectivity index (χ3n) is 4.36. The number of halogens is 1. The molecule has 1 saturated carbocycles. The second-order valence-corrected chi connectivity index (χ2v) is 5.56. The van der Waals surface area contributed by atoms with Gasteiger partial charge in [0.15, 0.2) is 0 Å². The molecule has 1 aliphatic carbocycles. The molecule has 0 bridgehead atoms. The van der Waals surface area contributed by atoms with E-state index in [0.29, 0.717) is 0 Å². The van der Waals surface area contributed by atoms with E-state index in [4.69, 9.17) is 0 Å². The smallest absolute Gasteiger partial charge is 0.00940 e. The molecule has 3 heteroatoms. The lowest BCUT2D eigenvalue weighted by Gasteiger charge is -2.33. The molecule has 2 aliphatic rings. The van der Waals surface area contributed by atoms with Gasteiger partial charge in [-0.3, -0.25) is 0 Å². The molecule has 0 aromatic heterocycles. The largest absolute Gasteiger partial charge is 0.311 e. The van der Waals surface area contributed by atoms with E-state index in [9.17, 15) is 0 Å². The highest BCUT2D eigenvalue weighted by Gasteiger charge is 2.21. The fourth-order valence-corrected chi connectivity index (χ4v) is 3.20. The number of hydrogen-bond donors (Lipinski definition) is 1. The van der Waals surface area contributed by atoms with Crippen molar-refractivity contribution < 1.29 is 0 Å². The van der Waals surface area contributed by atoms with Crippen molar-refractivity contribution in [1.29, 1.82) is 0 Å². The van der Waals surface area contributed by atoms with Crippen molar-refractivity contribution in [2.45, 2.75) is 70.4 Å². The number of piperidine rings is 1. The molecule has 1 saturated heterocycles. The zero-order chi connectivity index (χ0) is 11.2. The van der Waals surface area contributed by atoms with Gasteiger partial charge in [-0.15, -0.1) is 12.4 Å². The molecule has 0 aromatic rings. The molecular formula is C14H29ClN2. The Morgan fingerprint density at radius 1 is 0.882 bits per heavy atom. The fourth-order valence-electron chi connectivity index (χ4n) is 3.20. The minimum absolute atomic E-state index is 0. The molecule has 102 valence electrons. The minimum atomic E-state index is 0. The lowest BCUT2D eigenvalue weighted by molar-refractivity contribution is 0.196. The number of likely N-dealkylation sites (tertiary alicyclic amines) is 1. The molecule has 17 heavy (non-hydrogen) atoms. The molecule has 0 unspecified atom stereocenters. The van der Waals surface area contributed by atoms with Crippen LogP contribution in [0.5, 0.6) is 0 Å². The molecule has 1 heterocycles. The molecule has 0 aromatic carbocycles. The summed E-state index contributed by atoms with van der Waals surface area (Å²) in [7, 11) is 0. The van der Waals surface area contributed by atoms with Gasteiger partial charge in [-0.25, -0.2) is 0 Å².